The molecule has 0 saturated carbocycles. The van der Waals surface area contributed by atoms with E-state index in [2.05, 4.69) is 102 Å². The van der Waals surface area contributed by atoms with Crippen LogP contribution >= 0.6 is 0 Å². The summed E-state index contributed by atoms with van der Waals surface area (Å²) in [5.41, 5.74) is 5.95. The van der Waals surface area contributed by atoms with Crippen molar-refractivity contribution in [1.82, 2.24) is 18.9 Å². The van der Waals surface area contributed by atoms with Crippen LogP contribution in [0, 0.1) is 0 Å². The average Bonchev–Trinajstić information content (AvgIpc) is 3.73. The maximum Gasteiger partial charge on any atom is 0.174 e. The summed E-state index contributed by atoms with van der Waals surface area (Å²) in [7, 11) is 0. The van der Waals surface area contributed by atoms with Crippen LogP contribution in [0.1, 0.15) is 25.0 Å². The van der Waals surface area contributed by atoms with Gasteiger partial charge in [0.15, 0.2) is 11.5 Å². The van der Waals surface area contributed by atoms with E-state index in [1.165, 1.54) is 5.39 Å². The summed E-state index contributed by atoms with van der Waals surface area (Å²) in [6.45, 7) is 4.55. The van der Waals surface area contributed by atoms with Gasteiger partial charge in [0.1, 0.15) is 23.0 Å². The van der Waals surface area contributed by atoms with Crippen LogP contribution in [0.25, 0.3) is 54.9 Å². The minimum absolute atomic E-state index is 0.384. The normalized spacial score (nSPS) is 13.7. The smallest absolute Gasteiger partial charge is 0.174 e. The molecule has 0 saturated heterocycles. The monoisotopic (exact) mass is 608 g/mol. The summed E-state index contributed by atoms with van der Waals surface area (Å²) in [4.78, 5) is 9.53. The molecule has 1 aliphatic rings. The molecule has 9 aromatic rings. The van der Waals surface area contributed by atoms with Crippen molar-refractivity contribution in [3.8, 4) is 28.8 Å². The van der Waals surface area contributed by atoms with Gasteiger partial charge in [0, 0.05) is 62.7 Å². The molecule has 5 aromatic carbocycles. The first-order valence-corrected chi connectivity index (χ1v) is 15.8. The van der Waals surface area contributed by atoms with Crippen molar-refractivity contribution in [2.24, 2.45) is 0 Å². The van der Waals surface area contributed by atoms with Gasteiger partial charge in [0.2, 0.25) is 0 Å². The zero-order valence-electron chi connectivity index (χ0n) is 25.8. The van der Waals surface area contributed by atoms with Gasteiger partial charge in [0.05, 0.1) is 16.6 Å². The van der Waals surface area contributed by atoms with Gasteiger partial charge in [-0.3, -0.25) is 8.97 Å². The fourth-order valence-corrected chi connectivity index (χ4v) is 7.65. The highest BCUT2D eigenvalue weighted by Gasteiger charge is 2.39. The predicted octanol–water partition coefficient (Wildman–Crippen LogP) is 10.4. The molecule has 0 fully saturated rings. The number of aromatic nitrogens is 4. The largest absolute Gasteiger partial charge is 0.453 e. The highest BCUT2D eigenvalue weighted by Crippen LogP contribution is 2.56. The standard InChI is InChI=1S/C41H28N4O2/c1-41(2)30-13-5-8-16-34(30)47-39-35(24-33-37(38(39)41)28-12-4-7-15-32(28)45(33)36-17-9-10-20-42-36)46-25-18-19-26-27-11-3-6-14-31(27)44-22-21-43-40(44)29(26)23-25/h3-24H,1-2H3. The number of hydrogen-bond acceptors (Lipinski definition) is 4. The van der Waals surface area contributed by atoms with E-state index in [-0.39, 0.29) is 5.41 Å². The molecule has 10 rings (SSSR count). The van der Waals surface area contributed by atoms with Crippen molar-refractivity contribution < 1.29 is 9.47 Å². The average molecular weight is 609 g/mol. The molecule has 1 aliphatic heterocycles. The van der Waals surface area contributed by atoms with Gasteiger partial charge >= 0.3 is 0 Å². The summed E-state index contributed by atoms with van der Waals surface area (Å²) in [5, 5.41) is 5.60. The first-order valence-electron chi connectivity index (χ1n) is 15.8. The summed E-state index contributed by atoms with van der Waals surface area (Å²) in [5.74, 6) is 3.77. The van der Waals surface area contributed by atoms with Gasteiger partial charge in [-0.1, -0.05) is 74.5 Å². The second-order valence-corrected chi connectivity index (χ2v) is 12.7. The number of nitrogens with zero attached hydrogens (tertiary/aromatic N) is 4. The lowest BCUT2D eigenvalue weighted by Crippen LogP contribution is -2.25. The van der Waals surface area contributed by atoms with E-state index < -0.39 is 0 Å². The van der Waals surface area contributed by atoms with E-state index in [1.54, 1.807) is 0 Å². The van der Waals surface area contributed by atoms with Gasteiger partial charge in [-0.05, 0) is 53.9 Å². The lowest BCUT2D eigenvalue weighted by atomic mass is 9.74. The van der Waals surface area contributed by atoms with Crippen LogP contribution < -0.4 is 9.47 Å². The maximum absolute atomic E-state index is 6.93. The third-order valence-electron chi connectivity index (χ3n) is 9.71. The van der Waals surface area contributed by atoms with Crippen LogP contribution in [0.2, 0.25) is 0 Å². The van der Waals surface area contributed by atoms with E-state index >= 15 is 0 Å². The Hall–Kier alpha value is -6.14. The minimum Gasteiger partial charge on any atom is -0.453 e. The summed E-state index contributed by atoms with van der Waals surface area (Å²) in [6.07, 6.45) is 5.70. The summed E-state index contributed by atoms with van der Waals surface area (Å²) < 4.78 is 18.1. The molecule has 0 atom stereocenters. The highest BCUT2D eigenvalue weighted by atomic mass is 16.5. The number of benzene rings is 5. The first kappa shape index (κ1) is 26.1. The van der Waals surface area contributed by atoms with Gasteiger partial charge in [-0.15, -0.1) is 0 Å². The van der Waals surface area contributed by atoms with E-state index in [0.29, 0.717) is 11.5 Å². The number of imidazole rings is 1. The molecule has 0 unspecified atom stereocenters. The lowest BCUT2D eigenvalue weighted by molar-refractivity contribution is 0.384. The number of para-hydroxylation sites is 3. The van der Waals surface area contributed by atoms with Gasteiger partial charge in [-0.25, -0.2) is 9.97 Å². The highest BCUT2D eigenvalue weighted by molar-refractivity contribution is 6.14. The topological polar surface area (TPSA) is 53.6 Å². The minimum atomic E-state index is -0.384. The number of rotatable bonds is 3. The Bertz CT molecular complexity index is 2720. The molecule has 0 bridgehead atoms. The zero-order chi connectivity index (χ0) is 31.3. The van der Waals surface area contributed by atoms with Gasteiger partial charge < -0.3 is 9.47 Å². The van der Waals surface area contributed by atoms with Gasteiger partial charge in [0.25, 0.3) is 0 Å². The number of hydrogen-bond donors (Lipinski definition) is 0. The van der Waals surface area contributed by atoms with E-state index in [0.717, 1.165) is 72.2 Å². The molecule has 47 heavy (non-hydrogen) atoms. The number of fused-ring (bicyclic) bond motifs is 12. The quantitative estimate of drug-likeness (QED) is 0.187. The Morgan fingerprint density at radius 3 is 2.32 bits per heavy atom. The fraction of sp³-hybridized carbons (Fsp3) is 0.0732. The van der Waals surface area contributed by atoms with Crippen molar-refractivity contribution in [2.75, 3.05) is 0 Å². The third-order valence-corrected chi connectivity index (χ3v) is 9.71. The van der Waals surface area contributed by atoms with Crippen LogP contribution in [-0.4, -0.2) is 18.9 Å². The van der Waals surface area contributed by atoms with Crippen LogP contribution in [0.15, 0.2) is 134 Å². The molecule has 0 N–H and O–H groups in total. The molecular weight excluding hydrogens is 580 g/mol. The Kier molecular flexibility index (Phi) is 5.24. The molecule has 5 heterocycles. The lowest BCUT2D eigenvalue weighted by Gasteiger charge is -2.36. The van der Waals surface area contributed by atoms with Crippen molar-refractivity contribution in [3.63, 3.8) is 0 Å². The zero-order valence-corrected chi connectivity index (χ0v) is 25.8. The van der Waals surface area contributed by atoms with Crippen LogP contribution in [-0.2, 0) is 5.41 Å². The Balaban J connectivity index is 1.27. The van der Waals surface area contributed by atoms with Crippen molar-refractivity contribution >= 4 is 49.1 Å². The Morgan fingerprint density at radius 1 is 0.660 bits per heavy atom. The molecule has 6 nitrogen and oxygen atoms in total. The molecule has 6 heteroatoms. The molecule has 0 spiro atoms. The Labute approximate surface area is 270 Å². The van der Waals surface area contributed by atoms with Crippen molar-refractivity contribution in [1.29, 1.82) is 0 Å². The van der Waals surface area contributed by atoms with Crippen LogP contribution in [0.5, 0.6) is 23.0 Å². The number of ether oxygens (including phenoxy) is 2. The van der Waals surface area contributed by atoms with Crippen LogP contribution in [0.4, 0.5) is 0 Å². The Morgan fingerprint density at radius 2 is 1.45 bits per heavy atom. The molecule has 0 amide bonds. The first-order chi connectivity index (χ1) is 23.1. The SMILES string of the molecule is CC1(C)c2ccccc2Oc2c(Oc3ccc4c5ccccc5n5ccnc5c4c3)cc3c(c21)c1ccccc1n3-c1ccccn1. The van der Waals surface area contributed by atoms with Crippen molar-refractivity contribution in [3.05, 3.63) is 145 Å². The second-order valence-electron chi connectivity index (χ2n) is 12.7. The molecular formula is C41H28N4O2. The third kappa shape index (κ3) is 3.61. The summed E-state index contributed by atoms with van der Waals surface area (Å²) in [6, 6.07) is 39.7. The fourth-order valence-electron chi connectivity index (χ4n) is 7.65. The predicted molar refractivity (Wildman–Crippen MR) is 187 cm³/mol. The number of pyridine rings is 2. The van der Waals surface area contributed by atoms with Crippen molar-refractivity contribution in [2.45, 2.75) is 19.3 Å². The van der Waals surface area contributed by atoms with E-state index in [4.69, 9.17) is 19.4 Å². The van der Waals surface area contributed by atoms with E-state index in [1.807, 2.05) is 55.0 Å². The molecule has 0 aliphatic carbocycles. The maximum atomic E-state index is 6.93. The molecule has 4 aromatic heterocycles. The summed E-state index contributed by atoms with van der Waals surface area (Å²) >= 11 is 0. The molecule has 224 valence electrons. The molecule has 0 radical (unpaired) electrons. The van der Waals surface area contributed by atoms with E-state index in [9.17, 15) is 0 Å². The van der Waals surface area contributed by atoms with Gasteiger partial charge in [-0.2, -0.15) is 0 Å². The second kappa shape index (κ2) is 9.44. The van der Waals surface area contributed by atoms with Crippen LogP contribution in [0.3, 0.4) is 0 Å².